The number of methoxy groups -OCH3 is 1. The van der Waals surface area contributed by atoms with Gasteiger partial charge in [-0.15, -0.1) is 0 Å². The van der Waals surface area contributed by atoms with E-state index in [-0.39, 0.29) is 6.61 Å². The second-order valence-electron chi connectivity index (χ2n) is 10.3. The zero-order chi connectivity index (χ0) is 29.7. The third-order valence-electron chi connectivity index (χ3n) is 7.50. The van der Waals surface area contributed by atoms with E-state index in [1.807, 2.05) is 18.5 Å². The summed E-state index contributed by atoms with van der Waals surface area (Å²) in [5.41, 5.74) is 5.74. The molecule has 3 aromatic heterocycles. The predicted molar refractivity (Wildman–Crippen MR) is 169 cm³/mol. The Morgan fingerprint density at radius 2 is 1.83 bits per heavy atom. The van der Waals surface area contributed by atoms with Crippen molar-refractivity contribution in [3.05, 3.63) is 78.9 Å². The minimum atomic E-state index is 0.276. The lowest BCUT2D eigenvalue weighted by molar-refractivity contribution is 0.114. The smallest absolute Gasteiger partial charge is 0.216 e. The Labute approximate surface area is 248 Å². The van der Waals surface area contributed by atoms with E-state index in [1.54, 1.807) is 31.6 Å². The van der Waals surface area contributed by atoms with Crippen LogP contribution in [0.25, 0.3) is 22.0 Å². The summed E-state index contributed by atoms with van der Waals surface area (Å²) in [7, 11) is 3.70. The Kier molecular flexibility index (Phi) is 11.5. The minimum Gasteiger partial charge on any atom is -0.497 e. The molecule has 0 atom stereocenters. The summed E-state index contributed by atoms with van der Waals surface area (Å²) in [5.74, 6) is 2.07. The average Bonchev–Trinajstić information content (AvgIpc) is 3.24. The zero-order valence-corrected chi connectivity index (χ0v) is 25.0. The van der Waals surface area contributed by atoms with Crippen molar-refractivity contribution in [1.82, 2.24) is 14.5 Å². The fourth-order valence-corrected chi connectivity index (χ4v) is 4.68. The van der Waals surface area contributed by atoms with Crippen molar-refractivity contribution in [3.63, 3.8) is 0 Å². The fraction of sp³-hybridized carbons (Fsp3) is 0.382. The molecule has 8 heteroatoms. The second-order valence-corrected chi connectivity index (χ2v) is 10.3. The normalized spacial score (nSPS) is 13.0. The van der Waals surface area contributed by atoms with Crippen LogP contribution in [0.2, 0.25) is 0 Å². The largest absolute Gasteiger partial charge is 0.497 e. The number of aliphatic imine (C=N–C) groups is 1. The van der Waals surface area contributed by atoms with Gasteiger partial charge in [0.25, 0.3) is 0 Å². The number of benzene rings is 1. The molecule has 4 aromatic rings. The SMILES string of the molecule is C=CN=Cc1c(C)n(C)c2cc(-c3ccc(OC4CCC4)nc3)ccc12.COc1ccnc(OCCCCCCO)c1. The Morgan fingerprint density at radius 1 is 1.02 bits per heavy atom. The van der Waals surface area contributed by atoms with Gasteiger partial charge in [-0.25, -0.2) is 9.97 Å². The molecule has 0 bridgehead atoms. The highest BCUT2D eigenvalue weighted by Gasteiger charge is 2.19. The van der Waals surface area contributed by atoms with Gasteiger partial charge in [-0.05, 0) is 69.2 Å². The van der Waals surface area contributed by atoms with Gasteiger partial charge in [-0.2, -0.15) is 0 Å². The van der Waals surface area contributed by atoms with Gasteiger partial charge < -0.3 is 23.9 Å². The predicted octanol–water partition coefficient (Wildman–Crippen LogP) is 7.06. The molecule has 3 heterocycles. The van der Waals surface area contributed by atoms with Crippen LogP contribution in [0, 0.1) is 6.92 Å². The van der Waals surface area contributed by atoms with Crippen LogP contribution in [0.4, 0.5) is 0 Å². The summed E-state index contributed by atoms with van der Waals surface area (Å²) in [5, 5.41) is 9.80. The molecule has 0 radical (unpaired) electrons. The van der Waals surface area contributed by atoms with Gasteiger partial charge in [0.05, 0.1) is 13.7 Å². The number of ether oxygens (including phenoxy) is 3. The van der Waals surface area contributed by atoms with Gasteiger partial charge in [0, 0.05) is 78.3 Å². The lowest BCUT2D eigenvalue weighted by atomic mass is 9.96. The van der Waals surface area contributed by atoms with Crippen molar-refractivity contribution >= 4 is 17.1 Å². The van der Waals surface area contributed by atoms with E-state index < -0.39 is 0 Å². The number of fused-ring (bicyclic) bond motifs is 1. The van der Waals surface area contributed by atoms with Gasteiger partial charge in [-0.1, -0.05) is 25.1 Å². The average molecular weight is 571 g/mol. The van der Waals surface area contributed by atoms with Crippen LogP contribution in [-0.4, -0.2) is 52.3 Å². The maximum Gasteiger partial charge on any atom is 0.216 e. The number of aryl methyl sites for hydroxylation is 1. The van der Waals surface area contributed by atoms with Crippen LogP contribution in [0.3, 0.4) is 0 Å². The van der Waals surface area contributed by atoms with Gasteiger partial charge in [0.1, 0.15) is 11.9 Å². The third kappa shape index (κ3) is 8.19. The molecule has 1 aliphatic rings. The molecule has 42 heavy (non-hydrogen) atoms. The van der Waals surface area contributed by atoms with Gasteiger partial charge >= 0.3 is 0 Å². The lowest BCUT2D eigenvalue weighted by Gasteiger charge is -2.25. The summed E-state index contributed by atoms with van der Waals surface area (Å²) in [6.07, 6.45) is 14.9. The molecule has 1 N–H and O–H groups in total. The van der Waals surface area contributed by atoms with E-state index >= 15 is 0 Å². The highest BCUT2D eigenvalue weighted by Crippen LogP contribution is 2.30. The van der Waals surface area contributed by atoms with Crippen LogP contribution < -0.4 is 14.2 Å². The van der Waals surface area contributed by atoms with Gasteiger partial charge in [0.2, 0.25) is 11.8 Å². The molecule has 8 nitrogen and oxygen atoms in total. The molecule has 0 spiro atoms. The molecule has 222 valence electrons. The van der Waals surface area contributed by atoms with E-state index in [9.17, 15) is 0 Å². The topological polar surface area (TPSA) is 91.0 Å². The first kappa shape index (κ1) is 30.8. The van der Waals surface area contributed by atoms with Crippen LogP contribution in [0.5, 0.6) is 17.5 Å². The van der Waals surface area contributed by atoms with Crippen molar-refractivity contribution in [3.8, 4) is 28.6 Å². The Morgan fingerprint density at radius 3 is 2.52 bits per heavy atom. The number of unbranched alkanes of at least 4 members (excludes halogenated alkanes) is 3. The molecule has 1 aliphatic carbocycles. The third-order valence-corrected chi connectivity index (χ3v) is 7.50. The molecule has 5 rings (SSSR count). The summed E-state index contributed by atoms with van der Waals surface area (Å²) in [6, 6.07) is 14.1. The fourth-order valence-electron chi connectivity index (χ4n) is 4.68. The van der Waals surface area contributed by atoms with Crippen LogP contribution in [-0.2, 0) is 7.05 Å². The molecule has 0 amide bonds. The van der Waals surface area contributed by atoms with Crippen LogP contribution in [0.1, 0.15) is 56.2 Å². The number of aliphatic hydroxyl groups excluding tert-OH is 1. The number of aromatic nitrogens is 3. The number of aliphatic hydroxyl groups is 1. The second kappa shape index (κ2) is 15.7. The number of pyridine rings is 2. The number of nitrogens with zero attached hydrogens (tertiary/aromatic N) is 4. The molecule has 0 aliphatic heterocycles. The number of rotatable bonds is 13. The molecular weight excluding hydrogens is 528 g/mol. The van der Waals surface area contributed by atoms with Crippen molar-refractivity contribution in [2.75, 3.05) is 20.3 Å². The van der Waals surface area contributed by atoms with Gasteiger partial charge in [0.15, 0.2) is 0 Å². The maximum absolute atomic E-state index is 8.60. The Hall–Kier alpha value is -4.17. The minimum absolute atomic E-state index is 0.276. The lowest BCUT2D eigenvalue weighted by Crippen LogP contribution is -2.24. The first-order valence-corrected chi connectivity index (χ1v) is 14.6. The van der Waals surface area contributed by atoms with Crippen LogP contribution >= 0.6 is 0 Å². The Balaban J connectivity index is 0.000000219. The first-order valence-electron chi connectivity index (χ1n) is 14.6. The molecule has 0 saturated heterocycles. The molecule has 1 fully saturated rings. The van der Waals surface area contributed by atoms with Crippen molar-refractivity contribution in [2.45, 2.75) is 58.0 Å². The highest BCUT2D eigenvalue weighted by atomic mass is 16.5. The highest BCUT2D eigenvalue weighted by molar-refractivity contribution is 6.02. The van der Waals surface area contributed by atoms with Gasteiger partial charge in [-0.3, -0.25) is 4.99 Å². The Bertz CT molecular complexity index is 1460. The molecule has 0 unspecified atom stereocenters. The summed E-state index contributed by atoms with van der Waals surface area (Å²) in [4.78, 5) is 12.8. The maximum atomic E-state index is 8.60. The number of hydrogen-bond donors (Lipinski definition) is 1. The van der Waals surface area contributed by atoms with E-state index in [2.05, 4.69) is 64.3 Å². The summed E-state index contributed by atoms with van der Waals surface area (Å²) < 4.78 is 18.6. The quantitative estimate of drug-likeness (QED) is 0.137. The summed E-state index contributed by atoms with van der Waals surface area (Å²) >= 11 is 0. The number of hydrogen-bond acceptors (Lipinski definition) is 7. The summed E-state index contributed by atoms with van der Waals surface area (Å²) in [6.45, 7) is 6.70. The van der Waals surface area contributed by atoms with E-state index in [0.717, 1.165) is 66.8 Å². The standard InChI is InChI=1S/C22H23N3O.C12H19NO3/c1-4-23-14-20-15(2)25(3)21-12-16(8-10-19(20)21)17-9-11-22(24-13-17)26-18-6-5-7-18;1-15-11-6-7-13-12(10-11)16-9-5-3-2-4-8-14/h4,8-14,18H,1,5-7H2,2-3H3;6-7,10,14H,2-5,8-9H2,1H3. The molecule has 1 aromatic carbocycles. The van der Waals surface area contributed by atoms with E-state index in [4.69, 9.17) is 19.3 Å². The van der Waals surface area contributed by atoms with Crippen molar-refractivity contribution in [2.24, 2.45) is 12.0 Å². The van der Waals surface area contributed by atoms with E-state index in [0.29, 0.717) is 18.6 Å². The zero-order valence-electron chi connectivity index (χ0n) is 25.0. The monoisotopic (exact) mass is 570 g/mol. The first-order chi connectivity index (χ1) is 20.5. The van der Waals surface area contributed by atoms with Crippen molar-refractivity contribution in [1.29, 1.82) is 0 Å². The molecular formula is C34H42N4O4. The molecule has 1 saturated carbocycles. The van der Waals surface area contributed by atoms with E-state index in [1.165, 1.54) is 23.0 Å². The van der Waals surface area contributed by atoms with Crippen molar-refractivity contribution < 1.29 is 19.3 Å². The van der Waals surface area contributed by atoms with Crippen LogP contribution in [0.15, 0.2) is 72.6 Å².